The molecule has 1 aliphatic heterocycles. The first-order valence-electron chi connectivity index (χ1n) is 10.5. The Bertz CT molecular complexity index is 1200. The van der Waals surface area contributed by atoms with Crippen molar-refractivity contribution in [3.63, 3.8) is 0 Å². The molecule has 10 nitrogen and oxygen atoms in total. The quantitative estimate of drug-likeness (QED) is 0.340. The molecule has 0 unspecified atom stereocenters. The smallest absolute Gasteiger partial charge is 0.228 e. The van der Waals surface area contributed by atoms with Crippen LogP contribution in [0.1, 0.15) is 18.4 Å². The van der Waals surface area contributed by atoms with Crippen LogP contribution in [0.25, 0.3) is 10.8 Å². The van der Waals surface area contributed by atoms with Gasteiger partial charge in [-0.15, -0.1) is 0 Å². The lowest BCUT2D eigenvalue weighted by Crippen LogP contribution is -2.50. The van der Waals surface area contributed by atoms with Gasteiger partial charge in [0.2, 0.25) is 5.91 Å². The zero-order chi connectivity index (χ0) is 22.2. The SMILES string of the molecule is CNc1ncc(C(N)=Nc2ccc(N3CC(O)C3)cn2)c2cc(NC(=O)C3CC3)ncc12. The van der Waals surface area contributed by atoms with E-state index in [-0.39, 0.29) is 23.8 Å². The monoisotopic (exact) mass is 432 g/mol. The van der Waals surface area contributed by atoms with Gasteiger partial charge in [-0.2, -0.15) is 0 Å². The lowest BCUT2D eigenvalue weighted by Gasteiger charge is -2.37. The molecule has 2 fully saturated rings. The number of hydrogen-bond donors (Lipinski definition) is 4. The number of nitrogens with two attached hydrogens (primary N) is 1. The van der Waals surface area contributed by atoms with Gasteiger partial charge < -0.3 is 26.4 Å². The van der Waals surface area contributed by atoms with Crippen LogP contribution >= 0.6 is 0 Å². The second kappa shape index (κ2) is 8.04. The average molecular weight is 432 g/mol. The summed E-state index contributed by atoms with van der Waals surface area (Å²) in [5.41, 5.74) is 7.90. The molecule has 1 amide bonds. The normalized spacial score (nSPS) is 16.7. The summed E-state index contributed by atoms with van der Waals surface area (Å²) in [5, 5.41) is 16.9. The summed E-state index contributed by atoms with van der Waals surface area (Å²) in [6, 6.07) is 5.48. The van der Waals surface area contributed by atoms with Gasteiger partial charge in [0, 0.05) is 54.8 Å². The fourth-order valence-electron chi connectivity index (χ4n) is 3.66. The molecule has 5 N–H and O–H groups in total. The van der Waals surface area contributed by atoms with Crippen LogP contribution in [0.3, 0.4) is 0 Å². The van der Waals surface area contributed by atoms with E-state index in [1.54, 1.807) is 37.8 Å². The fourth-order valence-corrected chi connectivity index (χ4v) is 3.66. The van der Waals surface area contributed by atoms with Crippen LogP contribution in [0.5, 0.6) is 0 Å². The lowest BCUT2D eigenvalue weighted by atomic mass is 10.1. The highest BCUT2D eigenvalue weighted by Crippen LogP contribution is 2.31. The number of aliphatic hydroxyl groups is 1. The van der Waals surface area contributed by atoms with E-state index in [0.29, 0.717) is 36.1 Å². The molecular formula is C22H24N8O2. The Morgan fingerprint density at radius 2 is 1.97 bits per heavy atom. The van der Waals surface area contributed by atoms with Gasteiger partial charge in [-0.1, -0.05) is 0 Å². The van der Waals surface area contributed by atoms with E-state index in [4.69, 9.17) is 5.73 Å². The number of hydrogen-bond acceptors (Lipinski definition) is 8. The van der Waals surface area contributed by atoms with Gasteiger partial charge in [0.25, 0.3) is 0 Å². The van der Waals surface area contributed by atoms with Gasteiger partial charge in [0.15, 0.2) is 5.82 Å². The first-order valence-corrected chi connectivity index (χ1v) is 10.5. The molecule has 1 saturated heterocycles. The molecule has 5 rings (SSSR count). The number of aliphatic imine (C=N–C) groups is 1. The van der Waals surface area contributed by atoms with Gasteiger partial charge >= 0.3 is 0 Å². The van der Waals surface area contributed by atoms with Crippen LogP contribution in [0.4, 0.5) is 23.1 Å². The number of pyridine rings is 3. The number of amides is 1. The number of aromatic nitrogens is 3. The van der Waals surface area contributed by atoms with Gasteiger partial charge in [-0.3, -0.25) is 4.79 Å². The maximum atomic E-state index is 12.2. The average Bonchev–Trinajstić information content (AvgIpc) is 3.62. The molecule has 32 heavy (non-hydrogen) atoms. The molecule has 0 radical (unpaired) electrons. The second-order valence-electron chi connectivity index (χ2n) is 8.08. The third-order valence-corrected chi connectivity index (χ3v) is 5.68. The number of carbonyl (C=O) groups excluding carboxylic acids is 1. The highest BCUT2D eigenvalue weighted by Gasteiger charge is 2.30. The van der Waals surface area contributed by atoms with E-state index in [0.717, 1.165) is 29.3 Å². The molecule has 3 aromatic rings. The van der Waals surface area contributed by atoms with Crippen LogP contribution in [0.15, 0.2) is 41.8 Å². The summed E-state index contributed by atoms with van der Waals surface area (Å²) in [4.78, 5) is 31.8. The zero-order valence-electron chi connectivity index (χ0n) is 17.6. The molecule has 0 bridgehead atoms. The first-order chi connectivity index (χ1) is 15.5. The van der Waals surface area contributed by atoms with Crippen LogP contribution in [0.2, 0.25) is 0 Å². The maximum absolute atomic E-state index is 12.2. The molecule has 164 valence electrons. The number of anilines is 3. The molecule has 0 atom stereocenters. The van der Waals surface area contributed by atoms with Crippen molar-refractivity contribution in [2.75, 3.05) is 35.7 Å². The van der Waals surface area contributed by atoms with Crippen molar-refractivity contribution in [3.05, 3.63) is 42.4 Å². The minimum atomic E-state index is -0.279. The van der Waals surface area contributed by atoms with Crippen molar-refractivity contribution in [1.82, 2.24) is 15.0 Å². The molecule has 1 aliphatic carbocycles. The Balaban J connectivity index is 1.46. The number of rotatable bonds is 6. The van der Waals surface area contributed by atoms with E-state index >= 15 is 0 Å². The van der Waals surface area contributed by atoms with E-state index < -0.39 is 0 Å². The molecular weight excluding hydrogens is 408 g/mol. The van der Waals surface area contributed by atoms with Crippen LogP contribution in [0, 0.1) is 5.92 Å². The predicted molar refractivity (Wildman–Crippen MR) is 123 cm³/mol. The van der Waals surface area contributed by atoms with Crippen molar-refractivity contribution < 1.29 is 9.90 Å². The Labute approximate surface area is 184 Å². The summed E-state index contributed by atoms with van der Waals surface area (Å²) in [5.74, 6) is 1.92. The molecule has 2 aliphatic rings. The van der Waals surface area contributed by atoms with Crippen LogP contribution in [-0.2, 0) is 4.79 Å². The molecule has 10 heteroatoms. The van der Waals surface area contributed by atoms with E-state index in [1.165, 1.54) is 0 Å². The molecule has 3 aromatic heterocycles. The Morgan fingerprint density at radius 1 is 1.16 bits per heavy atom. The zero-order valence-corrected chi connectivity index (χ0v) is 17.6. The van der Waals surface area contributed by atoms with Crippen LogP contribution in [-0.4, -0.2) is 58.0 Å². The van der Waals surface area contributed by atoms with E-state index in [9.17, 15) is 9.90 Å². The van der Waals surface area contributed by atoms with Crippen LogP contribution < -0.4 is 21.3 Å². The number of β-amino-alcohol motifs (C(OH)–C–C–N with tert-alkyl or cyclic N) is 1. The molecule has 0 spiro atoms. The lowest BCUT2D eigenvalue weighted by molar-refractivity contribution is -0.117. The Hall–Kier alpha value is -3.79. The molecule has 4 heterocycles. The summed E-state index contributed by atoms with van der Waals surface area (Å²) >= 11 is 0. The first kappa shape index (κ1) is 20.1. The van der Waals surface area contributed by atoms with E-state index in [2.05, 4.69) is 30.6 Å². The van der Waals surface area contributed by atoms with Crippen molar-refractivity contribution in [2.45, 2.75) is 18.9 Å². The Morgan fingerprint density at radius 3 is 2.62 bits per heavy atom. The highest BCUT2D eigenvalue weighted by molar-refractivity contribution is 6.12. The predicted octanol–water partition coefficient (Wildman–Crippen LogP) is 1.63. The number of carbonyl (C=O) groups is 1. The second-order valence-corrected chi connectivity index (χ2v) is 8.08. The summed E-state index contributed by atoms with van der Waals surface area (Å²) in [6.07, 6.45) is 6.59. The minimum Gasteiger partial charge on any atom is -0.389 e. The van der Waals surface area contributed by atoms with Gasteiger partial charge in [-0.05, 0) is 31.0 Å². The summed E-state index contributed by atoms with van der Waals surface area (Å²) < 4.78 is 0. The topological polar surface area (TPSA) is 142 Å². The van der Waals surface area contributed by atoms with Gasteiger partial charge in [0.05, 0.1) is 18.0 Å². The third kappa shape index (κ3) is 3.92. The highest BCUT2D eigenvalue weighted by atomic mass is 16.3. The van der Waals surface area contributed by atoms with Crippen molar-refractivity contribution in [3.8, 4) is 0 Å². The third-order valence-electron chi connectivity index (χ3n) is 5.68. The number of amidine groups is 1. The standard InChI is InChI=1S/C22H24N8O2/c1-24-21-17-9-26-19(29-22(32)12-2-3-12)6-15(17)16(8-27-21)20(23)28-18-5-4-13(7-25-18)30-10-14(31)11-30/h4-9,12,14,31H,2-3,10-11H2,1H3,(H,24,27)(H2,23,25,28)(H,26,29,32). The molecule has 0 aromatic carbocycles. The Kier molecular flexibility index (Phi) is 5.06. The van der Waals surface area contributed by atoms with Crippen molar-refractivity contribution >= 4 is 45.7 Å². The maximum Gasteiger partial charge on any atom is 0.228 e. The number of nitrogens with zero attached hydrogens (tertiary/aromatic N) is 5. The number of aliphatic hydroxyl groups excluding tert-OH is 1. The van der Waals surface area contributed by atoms with E-state index in [1.807, 2.05) is 11.0 Å². The summed E-state index contributed by atoms with van der Waals surface area (Å²) in [7, 11) is 1.78. The largest absolute Gasteiger partial charge is 0.389 e. The number of fused-ring (bicyclic) bond motifs is 1. The fraction of sp³-hybridized carbons (Fsp3) is 0.318. The summed E-state index contributed by atoms with van der Waals surface area (Å²) in [6.45, 7) is 1.21. The van der Waals surface area contributed by atoms with Gasteiger partial charge in [-0.25, -0.2) is 19.9 Å². The van der Waals surface area contributed by atoms with Crippen molar-refractivity contribution in [2.24, 2.45) is 16.6 Å². The minimum absolute atomic E-state index is 0.0121. The number of nitrogens with one attached hydrogen (secondary N) is 2. The van der Waals surface area contributed by atoms with Crippen molar-refractivity contribution in [1.29, 1.82) is 0 Å². The van der Waals surface area contributed by atoms with Gasteiger partial charge in [0.1, 0.15) is 17.5 Å². The molecule has 1 saturated carbocycles.